The molecule has 0 atom stereocenters. The van der Waals surface area contributed by atoms with Gasteiger partial charge in [0.25, 0.3) is 0 Å². The zero-order valence-corrected chi connectivity index (χ0v) is 14.2. The Hall–Kier alpha value is -1.47. The molecule has 0 aromatic heterocycles. The maximum atomic E-state index is 13.9. The Morgan fingerprint density at radius 1 is 1.35 bits per heavy atom. The molecule has 5 nitrogen and oxygen atoms in total. The van der Waals surface area contributed by atoms with E-state index in [-0.39, 0.29) is 17.1 Å². The lowest BCUT2D eigenvalue weighted by molar-refractivity contribution is 0.0315. The monoisotopic (exact) mass is 343 g/mol. The molecule has 128 valence electrons. The first-order chi connectivity index (χ1) is 10.7. The average Bonchev–Trinajstić information content (AvgIpc) is 2.44. The summed E-state index contributed by atoms with van der Waals surface area (Å²) in [4.78, 5) is 11.7. The fourth-order valence-corrected chi connectivity index (χ4v) is 4.55. The van der Waals surface area contributed by atoms with Gasteiger partial charge in [0.2, 0.25) is 0 Å². The maximum absolute atomic E-state index is 13.9. The molecule has 0 spiro atoms. The second-order valence-electron chi connectivity index (χ2n) is 6.25. The van der Waals surface area contributed by atoms with Crippen molar-refractivity contribution in [1.82, 2.24) is 0 Å². The molecule has 1 fully saturated rings. The number of hydrogen-bond donors (Lipinski definition) is 1. The molecular formula is C16H22FNO4S. The minimum absolute atomic E-state index is 0.00839. The number of ketones is 1. The lowest BCUT2D eigenvalue weighted by Crippen LogP contribution is -2.41. The molecule has 0 radical (unpaired) electrons. The molecular weight excluding hydrogens is 321 g/mol. The number of ether oxygens (including phenoxy) is 1. The average molecular weight is 343 g/mol. The van der Waals surface area contributed by atoms with Crippen LogP contribution in [0.5, 0.6) is 0 Å². The summed E-state index contributed by atoms with van der Waals surface area (Å²) in [5, 5.41) is 3.09. The van der Waals surface area contributed by atoms with E-state index in [0.29, 0.717) is 38.3 Å². The first kappa shape index (κ1) is 17.9. The van der Waals surface area contributed by atoms with Crippen molar-refractivity contribution in [3.05, 3.63) is 29.6 Å². The van der Waals surface area contributed by atoms with E-state index < -0.39 is 21.1 Å². The van der Waals surface area contributed by atoms with Crippen molar-refractivity contribution in [2.75, 3.05) is 37.1 Å². The number of rotatable bonds is 6. The molecule has 0 aliphatic carbocycles. The van der Waals surface area contributed by atoms with E-state index in [9.17, 15) is 17.6 Å². The normalized spacial score (nSPS) is 17.7. The molecule has 1 saturated heterocycles. The number of hydrogen-bond acceptors (Lipinski definition) is 5. The smallest absolute Gasteiger partial charge is 0.164 e. The Morgan fingerprint density at radius 2 is 2.00 bits per heavy atom. The number of carbonyl (C=O) groups is 1. The van der Waals surface area contributed by atoms with Crippen LogP contribution < -0.4 is 5.32 Å². The first-order valence-electron chi connectivity index (χ1n) is 7.51. The summed E-state index contributed by atoms with van der Waals surface area (Å²) in [7, 11) is -3.16. The predicted molar refractivity (Wildman–Crippen MR) is 87.1 cm³/mol. The number of halogens is 1. The lowest BCUT2D eigenvalue weighted by atomic mass is 9.82. The van der Waals surface area contributed by atoms with Crippen LogP contribution in [-0.2, 0) is 14.6 Å². The molecule has 2 rings (SSSR count). The second-order valence-corrected chi connectivity index (χ2v) is 8.39. The van der Waals surface area contributed by atoms with E-state index in [2.05, 4.69) is 5.32 Å². The number of sulfone groups is 1. The highest BCUT2D eigenvalue weighted by molar-refractivity contribution is 7.90. The summed E-state index contributed by atoms with van der Waals surface area (Å²) in [6, 6.07) is 4.40. The van der Waals surface area contributed by atoms with Gasteiger partial charge in [-0.15, -0.1) is 0 Å². The summed E-state index contributed by atoms with van der Waals surface area (Å²) in [5.74, 6) is -0.900. The SMILES string of the molecule is CC(=O)c1c(F)cccc1NCC1(CS(C)(=O)=O)CCOCC1. The zero-order valence-electron chi connectivity index (χ0n) is 13.4. The zero-order chi connectivity index (χ0) is 17.1. The standard InChI is InChI=1S/C16H22FNO4S/c1-12(19)15-13(17)4-3-5-14(15)18-10-16(11-23(2,20)21)6-8-22-9-7-16/h3-5,18H,6-11H2,1-2H3. The second kappa shape index (κ2) is 6.97. The molecule has 1 aliphatic rings. The third kappa shape index (κ3) is 4.75. The molecule has 1 heterocycles. The third-order valence-corrected chi connectivity index (χ3v) is 5.28. The summed E-state index contributed by atoms with van der Waals surface area (Å²) in [5.41, 5.74) is -0.0578. The third-order valence-electron chi connectivity index (χ3n) is 4.14. The number of Topliss-reactive ketones (excluding diaryl/α,β-unsaturated/α-hetero) is 1. The Bertz CT molecular complexity index is 681. The number of anilines is 1. The summed E-state index contributed by atoms with van der Waals surface area (Å²) < 4.78 is 42.7. The number of benzene rings is 1. The minimum atomic E-state index is -3.16. The minimum Gasteiger partial charge on any atom is -0.384 e. The quantitative estimate of drug-likeness (QED) is 0.802. The summed E-state index contributed by atoms with van der Waals surface area (Å²) >= 11 is 0. The van der Waals surface area contributed by atoms with Gasteiger partial charge in [0, 0.05) is 37.1 Å². The highest BCUT2D eigenvalue weighted by atomic mass is 32.2. The van der Waals surface area contributed by atoms with Crippen molar-refractivity contribution in [3.8, 4) is 0 Å². The Labute approximate surface area is 136 Å². The highest BCUT2D eigenvalue weighted by Crippen LogP contribution is 2.33. The fourth-order valence-electron chi connectivity index (χ4n) is 3.04. The highest BCUT2D eigenvalue weighted by Gasteiger charge is 2.36. The van der Waals surface area contributed by atoms with Crippen LogP contribution in [0.2, 0.25) is 0 Å². The van der Waals surface area contributed by atoms with E-state index in [1.807, 2.05) is 0 Å². The van der Waals surface area contributed by atoms with Gasteiger partial charge in [-0.2, -0.15) is 0 Å². The molecule has 0 amide bonds. The van der Waals surface area contributed by atoms with Gasteiger partial charge in [0.15, 0.2) is 5.78 Å². The van der Waals surface area contributed by atoms with Crippen molar-refractivity contribution in [1.29, 1.82) is 0 Å². The molecule has 1 N–H and O–H groups in total. The topological polar surface area (TPSA) is 72.5 Å². The van der Waals surface area contributed by atoms with Gasteiger partial charge < -0.3 is 10.1 Å². The molecule has 23 heavy (non-hydrogen) atoms. The van der Waals surface area contributed by atoms with Crippen LogP contribution in [0.1, 0.15) is 30.1 Å². The van der Waals surface area contributed by atoms with E-state index in [0.717, 1.165) is 0 Å². The Balaban J connectivity index is 2.22. The van der Waals surface area contributed by atoms with E-state index in [1.165, 1.54) is 25.3 Å². The van der Waals surface area contributed by atoms with Crippen molar-refractivity contribution < 1.29 is 22.3 Å². The van der Waals surface area contributed by atoms with Gasteiger partial charge in [-0.1, -0.05) is 6.07 Å². The van der Waals surface area contributed by atoms with Crippen molar-refractivity contribution in [2.45, 2.75) is 19.8 Å². The Morgan fingerprint density at radius 3 is 2.57 bits per heavy atom. The van der Waals surface area contributed by atoms with Crippen molar-refractivity contribution >= 4 is 21.3 Å². The van der Waals surface area contributed by atoms with Crippen molar-refractivity contribution in [2.24, 2.45) is 5.41 Å². The molecule has 0 bridgehead atoms. The van der Waals surface area contributed by atoms with Gasteiger partial charge in [-0.3, -0.25) is 4.79 Å². The van der Waals surface area contributed by atoms with Crippen LogP contribution in [0.15, 0.2) is 18.2 Å². The van der Waals surface area contributed by atoms with Gasteiger partial charge in [-0.25, -0.2) is 12.8 Å². The van der Waals surface area contributed by atoms with Crippen LogP contribution in [-0.4, -0.2) is 46.0 Å². The lowest BCUT2D eigenvalue weighted by Gasteiger charge is -2.37. The predicted octanol–water partition coefficient (Wildman–Crippen LogP) is 2.28. The van der Waals surface area contributed by atoms with E-state index >= 15 is 0 Å². The number of nitrogens with one attached hydrogen (secondary N) is 1. The maximum Gasteiger partial charge on any atom is 0.164 e. The fraction of sp³-hybridized carbons (Fsp3) is 0.562. The number of carbonyl (C=O) groups excluding carboxylic acids is 1. The van der Waals surface area contributed by atoms with Gasteiger partial charge in [-0.05, 0) is 31.9 Å². The van der Waals surface area contributed by atoms with Crippen LogP contribution in [0.25, 0.3) is 0 Å². The van der Waals surface area contributed by atoms with Crippen LogP contribution in [0.4, 0.5) is 10.1 Å². The van der Waals surface area contributed by atoms with E-state index in [1.54, 1.807) is 6.07 Å². The molecule has 1 aliphatic heterocycles. The van der Waals surface area contributed by atoms with Crippen molar-refractivity contribution in [3.63, 3.8) is 0 Å². The van der Waals surface area contributed by atoms with Gasteiger partial charge in [0.1, 0.15) is 15.7 Å². The van der Waals surface area contributed by atoms with Crippen LogP contribution in [0, 0.1) is 11.2 Å². The van der Waals surface area contributed by atoms with Crippen LogP contribution >= 0.6 is 0 Å². The van der Waals surface area contributed by atoms with E-state index in [4.69, 9.17) is 4.74 Å². The van der Waals surface area contributed by atoms with Gasteiger partial charge >= 0.3 is 0 Å². The molecule has 0 unspecified atom stereocenters. The molecule has 7 heteroatoms. The molecule has 0 saturated carbocycles. The molecule has 1 aromatic rings. The Kier molecular flexibility index (Phi) is 5.41. The molecule has 1 aromatic carbocycles. The van der Waals surface area contributed by atoms with Gasteiger partial charge in [0.05, 0.1) is 11.3 Å². The summed E-state index contributed by atoms with van der Waals surface area (Å²) in [6.07, 6.45) is 2.43. The largest absolute Gasteiger partial charge is 0.384 e. The first-order valence-corrected chi connectivity index (χ1v) is 9.57. The van der Waals surface area contributed by atoms with Crippen LogP contribution in [0.3, 0.4) is 0 Å². The summed E-state index contributed by atoms with van der Waals surface area (Å²) in [6.45, 7) is 2.66.